The van der Waals surface area contributed by atoms with E-state index in [0.29, 0.717) is 37.9 Å². The highest BCUT2D eigenvalue weighted by Gasteiger charge is 2.22. The summed E-state index contributed by atoms with van der Waals surface area (Å²) in [5.41, 5.74) is 3.67. The van der Waals surface area contributed by atoms with Crippen LogP contribution in [0.4, 0.5) is 0 Å². The number of nitrogens with one attached hydrogen (secondary N) is 1. The maximum Gasteiger partial charge on any atom is 0.261 e. The molecule has 0 fully saturated rings. The zero-order valence-electron chi connectivity index (χ0n) is 18.8. The maximum absolute atomic E-state index is 12.7. The lowest BCUT2D eigenvalue weighted by molar-refractivity contribution is -0.121. The molecule has 2 heterocycles. The van der Waals surface area contributed by atoms with Crippen LogP contribution in [-0.4, -0.2) is 28.2 Å². The van der Waals surface area contributed by atoms with E-state index in [1.165, 1.54) is 0 Å². The summed E-state index contributed by atoms with van der Waals surface area (Å²) in [5.74, 6) is 1.58. The van der Waals surface area contributed by atoms with Gasteiger partial charge in [0.2, 0.25) is 5.91 Å². The Morgan fingerprint density at radius 3 is 3.00 bits per heavy atom. The molecule has 32 heavy (non-hydrogen) atoms. The van der Waals surface area contributed by atoms with Crippen molar-refractivity contribution in [2.24, 2.45) is 0 Å². The molecule has 3 aromatic rings. The van der Waals surface area contributed by atoms with Crippen LogP contribution in [0.5, 0.6) is 11.5 Å². The molecule has 0 aliphatic carbocycles. The van der Waals surface area contributed by atoms with Crippen LogP contribution in [0.1, 0.15) is 43.4 Å². The van der Waals surface area contributed by atoms with Gasteiger partial charge in [-0.3, -0.25) is 14.2 Å². The van der Waals surface area contributed by atoms with Crippen molar-refractivity contribution in [3.05, 3.63) is 63.7 Å². The van der Waals surface area contributed by atoms with Crippen molar-refractivity contribution in [3.63, 3.8) is 0 Å². The summed E-state index contributed by atoms with van der Waals surface area (Å²) in [6.45, 7) is 7.30. The van der Waals surface area contributed by atoms with Crippen molar-refractivity contribution >= 4 is 16.8 Å². The van der Waals surface area contributed by atoms with Crippen LogP contribution in [0.3, 0.4) is 0 Å². The first-order valence-electron chi connectivity index (χ1n) is 11.1. The lowest BCUT2D eigenvalue weighted by Gasteiger charge is -2.13. The SMILES string of the molecule is CCOc1cc2c(cc1CNC(=O)CCCn1cnc3c(C)cccc3c1=O)OC(C)C2. The van der Waals surface area contributed by atoms with Crippen molar-refractivity contribution in [1.29, 1.82) is 0 Å². The second-order valence-electron chi connectivity index (χ2n) is 8.23. The molecular weight excluding hydrogens is 406 g/mol. The highest BCUT2D eigenvalue weighted by Crippen LogP contribution is 2.35. The first-order valence-corrected chi connectivity index (χ1v) is 11.1. The fourth-order valence-electron chi connectivity index (χ4n) is 4.10. The van der Waals surface area contributed by atoms with Gasteiger partial charge in [0.05, 0.1) is 23.8 Å². The predicted octanol–water partition coefficient (Wildman–Crippen LogP) is 3.52. The molecule has 0 radical (unpaired) electrons. The average molecular weight is 436 g/mol. The molecule has 1 N–H and O–H groups in total. The first kappa shape index (κ1) is 21.9. The lowest BCUT2D eigenvalue weighted by atomic mass is 10.1. The van der Waals surface area contributed by atoms with Gasteiger partial charge in [0.15, 0.2) is 0 Å². The summed E-state index contributed by atoms with van der Waals surface area (Å²) in [4.78, 5) is 29.5. The average Bonchev–Trinajstić information content (AvgIpc) is 3.13. The first-order chi connectivity index (χ1) is 15.5. The molecule has 0 saturated heterocycles. The van der Waals surface area contributed by atoms with E-state index >= 15 is 0 Å². The summed E-state index contributed by atoms with van der Waals surface area (Å²) in [6, 6.07) is 9.57. The number of aromatic nitrogens is 2. The number of ether oxygens (including phenoxy) is 2. The molecule has 0 saturated carbocycles. The molecule has 1 aliphatic heterocycles. The van der Waals surface area contributed by atoms with Gasteiger partial charge in [-0.05, 0) is 51.0 Å². The number of carbonyl (C=O) groups is 1. The Morgan fingerprint density at radius 2 is 2.19 bits per heavy atom. The number of amides is 1. The smallest absolute Gasteiger partial charge is 0.261 e. The molecular formula is C25H29N3O4. The molecule has 0 spiro atoms. The molecule has 168 valence electrons. The van der Waals surface area contributed by atoms with Crippen molar-refractivity contribution in [2.45, 2.75) is 59.2 Å². The normalized spacial score (nSPS) is 14.8. The third kappa shape index (κ3) is 4.61. The maximum atomic E-state index is 12.7. The number of rotatable bonds is 8. The van der Waals surface area contributed by atoms with E-state index in [4.69, 9.17) is 9.47 Å². The predicted molar refractivity (Wildman–Crippen MR) is 123 cm³/mol. The van der Waals surface area contributed by atoms with Crippen LogP contribution in [0.25, 0.3) is 10.9 Å². The van der Waals surface area contributed by atoms with Crippen molar-refractivity contribution < 1.29 is 14.3 Å². The van der Waals surface area contributed by atoms with E-state index in [-0.39, 0.29) is 17.6 Å². The fourth-order valence-corrected chi connectivity index (χ4v) is 4.10. The van der Waals surface area contributed by atoms with Crippen molar-refractivity contribution in [1.82, 2.24) is 14.9 Å². The number of nitrogens with zero attached hydrogens (tertiary/aromatic N) is 2. The molecule has 7 heteroatoms. The number of para-hydroxylation sites is 1. The molecule has 7 nitrogen and oxygen atoms in total. The number of hydrogen-bond donors (Lipinski definition) is 1. The van der Waals surface area contributed by atoms with E-state index in [0.717, 1.165) is 40.1 Å². The largest absolute Gasteiger partial charge is 0.494 e. The van der Waals surface area contributed by atoms with Crippen LogP contribution in [-0.2, 0) is 24.3 Å². The Kier molecular flexibility index (Phi) is 6.44. The van der Waals surface area contributed by atoms with Gasteiger partial charge in [-0.1, -0.05) is 12.1 Å². The summed E-state index contributed by atoms with van der Waals surface area (Å²) < 4.78 is 13.2. The highest BCUT2D eigenvalue weighted by molar-refractivity contribution is 5.80. The van der Waals surface area contributed by atoms with Crippen molar-refractivity contribution in [2.75, 3.05) is 6.61 Å². The third-order valence-electron chi connectivity index (χ3n) is 5.71. The Balaban J connectivity index is 1.34. The number of carbonyl (C=O) groups excluding carboxylic acids is 1. The fraction of sp³-hybridized carbons (Fsp3) is 0.400. The van der Waals surface area contributed by atoms with Gasteiger partial charge in [-0.25, -0.2) is 4.98 Å². The Hall–Kier alpha value is -3.35. The number of hydrogen-bond acceptors (Lipinski definition) is 5. The van der Waals surface area contributed by atoms with Gasteiger partial charge in [0.25, 0.3) is 5.56 Å². The van der Waals surface area contributed by atoms with Gasteiger partial charge in [0, 0.05) is 37.1 Å². The standard InChI is InChI=1S/C25H29N3O4/c1-4-31-21-12-18-11-17(3)32-22(18)13-19(21)14-26-23(29)9-6-10-28-15-27-24-16(2)7-5-8-20(24)25(28)30/h5,7-8,12-13,15,17H,4,6,9-11,14H2,1-3H3,(H,26,29). The third-order valence-corrected chi connectivity index (χ3v) is 5.71. The van der Waals surface area contributed by atoms with E-state index in [2.05, 4.69) is 10.3 Å². The van der Waals surface area contributed by atoms with E-state index in [9.17, 15) is 9.59 Å². The van der Waals surface area contributed by atoms with Gasteiger partial charge in [-0.2, -0.15) is 0 Å². The monoisotopic (exact) mass is 435 g/mol. The van der Waals surface area contributed by atoms with Crippen LogP contribution >= 0.6 is 0 Å². The van der Waals surface area contributed by atoms with Gasteiger partial charge >= 0.3 is 0 Å². The number of aryl methyl sites for hydroxylation is 2. The second kappa shape index (κ2) is 9.42. The molecule has 0 bridgehead atoms. The summed E-state index contributed by atoms with van der Waals surface area (Å²) in [6.07, 6.45) is 3.45. The van der Waals surface area contributed by atoms with Gasteiger partial charge in [-0.15, -0.1) is 0 Å². The number of benzene rings is 2. The van der Waals surface area contributed by atoms with Crippen LogP contribution in [0.15, 0.2) is 41.5 Å². The Bertz CT molecular complexity index is 1200. The van der Waals surface area contributed by atoms with Crippen LogP contribution in [0.2, 0.25) is 0 Å². The lowest BCUT2D eigenvalue weighted by Crippen LogP contribution is -2.25. The summed E-state index contributed by atoms with van der Waals surface area (Å²) in [7, 11) is 0. The van der Waals surface area contributed by atoms with Gasteiger partial charge in [0.1, 0.15) is 17.6 Å². The molecule has 1 unspecified atom stereocenters. The minimum atomic E-state index is -0.0761. The second-order valence-corrected chi connectivity index (χ2v) is 8.23. The van der Waals surface area contributed by atoms with E-state index in [1.807, 2.05) is 45.0 Å². The molecule has 1 aliphatic rings. The van der Waals surface area contributed by atoms with Gasteiger partial charge < -0.3 is 14.8 Å². The number of fused-ring (bicyclic) bond motifs is 2. The minimum Gasteiger partial charge on any atom is -0.494 e. The minimum absolute atomic E-state index is 0.0696. The molecule has 1 aromatic heterocycles. The van der Waals surface area contributed by atoms with E-state index in [1.54, 1.807) is 17.0 Å². The quantitative estimate of drug-likeness (QED) is 0.585. The zero-order valence-corrected chi connectivity index (χ0v) is 18.8. The topological polar surface area (TPSA) is 82.5 Å². The Morgan fingerprint density at radius 1 is 1.34 bits per heavy atom. The molecule has 4 rings (SSSR count). The molecule has 1 atom stereocenters. The Labute approximate surface area is 187 Å². The highest BCUT2D eigenvalue weighted by atomic mass is 16.5. The molecule has 2 aromatic carbocycles. The molecule has 1 amide bonds. The zero-order chi connectivity index (χ0) is 22.7. The summed E-state index contributed by atoms with van der Waals surface area (Å²) >= 11 is 0. The van der Waals surface area contributed by atoms with Crippen LogP contribution in [0, 0.1) is 6.92 Å². The van der Waals surface area contributed by atoms with E-state index < -0.39 is 0 Å². The van der Waals surface area contributed by atoms with Crippen molar-refractivity contribution in [3.8, 4) is 11.5 Å². The van der Waals surface area contributed by atoms with Crippen LogP contribution < -0.4 is 20.3 Å². The summed E-state index contributed by atoms with van der Waals surface area (Å²) in [5, 5.41) is 3.57.